The number of thiazole rings is 1. The number of fused-ring (bicyclic) bond motifs is 1. The zero-order chi connectivity index (χ0) is 19.0. The van der Waals surface area contributed by atoms with E-state index in [2.05, 4.69) is 4.98 Å². The first kappa shape index (κ1) is 17.4. The maximum atomic E-state index is 13.0. The van der Waals surface area contributed by atoms with E-state index < -0.39 is 0 Å². The van der Waals surface area contributed by atoms with E-state index in [-0.39, 0.29) is 5.56 Å². The molecule has 0 radical (unpaired) electrons. The van der Waals surface area contributed by atoms with Gasteiger partial charge in [-0.15, -0.1) is 11.3 Å². The number of ether oxygens (including phenoxy) is 1. The summed E-state index contributed by atoms with van der Waals surface area (Å²) in [7, 11) is 1.64. The highest BCUT2D eigenvalue weighted by Crippen LogP contribution is 2.30. The standard InChI is InChI=1S/C21H19N3O2S/c1-13-6-4-5-7-16(13)12-24-21(25)19-20(27-14(2)22-19)18(23-24)15-8-10-17(26-3)11-9-15/h4-11H,12H2,1-3H3. The molecule has 4 aromatic rings. The molecule has 0 bridgehead atoms. The third-order valence-corrected chi connectivity index (χ3v) is 5.53. The van der Waals surface area contributed by atoms with Crippen LogP contribution in [0.15, 0.2) is 53.3 Å². The lowest BCUT2D eigenvalue weighted by Gasteiger charge is -2.10. The quantitative estimate of drug-likeness (QED) is 0.535. The van der Waals surface area contributed by atoms with E-state index >= 15 is 0 Å². The fourth-order valence-electron chi connectivity index (χ4n) is 3.06. The molecule has 5 nitrogen and oxygen atoms in total. The zero-order valence-electron chi connectivity index (χ0n) is 15.4. The first-order chi connectivity index (χ1) is 13.1. The van der Waals surface area contributed by atoms with Crippen molar-refractivity contribution in [2.24, 2.45) is 0 Å². The number of rotatable bonds is 4. The largest absolute Gasteiger partial charge is 0.497 e. The van der Waals surface area contributed by atoms with Crippen LogP contribution in [0.1, 0.15) is 16.1 Å². The third-order valence-electron chi connectivity index (χ3n) is 4.55. The molecular formula is C21H19N3O2S. The molecule has 0 saturated heterocycles. The molecular weight excluding hydrogens is 358 g/mol. The second-order valence-electron chi connectivity index (χ2n) is 6.38. The van der Waals surface area contributed by atoms with Gasteiger partial charge in [-0.1, -0.05) is 24.3 Å². The molecule has 0 atom stereocenters. The summed E-state index contributed by atoms with van der Waals surface area (Å²) in [5, 5.41) is 5.56. The highest BCUT2D eigenvalue weighted by atomic mass is 32.1. The predicted molar refractivity (Wildman–Crippen MR) is 109 cm³/mol. The van der Waals surface area contributed by atoms with Gasteiger partial charge in [-0.3, -0.25) is 4.79 Å². The van der Waals surface area contributed by atoms with Gasteiger partial charge in [0, 0.05) is 5.56 Å². The summed E-state index contributed by atoms with van der Waals surface area (Å²) in [5.74, 6) is 0.781. The normalized spacial score (nSPS) is 11.1. The Morgan fingerprint density at radius 3 is 2.52 bits per heavy atom. The topological polar surface area (TPSA) is 57.0 Å². The Hall–Kier alpha value is -2.99. The summed E-state index contributed by atoms with van der Waals surface area (Å²) in [6.07, 6.45) is 0. The van der Waals surface area contributed by atoms with Crippen LogP contribution in [0.4, 0.5) is 0 Å². The van der Waals surface area contributed by atoms with Crippen LogP contribution < -0.4 is 10.3 Å². The summed E-state index contributed by atoms with van der Waals surface area (Å²) < 4.78 is 7.59. The number of benzene rings is 2. The number of hydrogen-bond donors (Lipinski definition) is 0. The summed E-state index contributed by atoms with van der Waals surface area (Å²) in [6, 6.07) is 15.7. The molecule has 6 heteroatoms. The summed E-state index contributed by atoms with van der Waals surface area (Å²) in [4.78, 5) is 17.4. The number of methoxy groups -OCH3 is 1. The van der Waals surface area contributed by atoms with Gasteiger partial charge in [0.15, 0.2) is 5.52 Å². The van der Waals surface area contributed by atoms with Crippen LogP contribution in [0, 0.1) is 13.8 Å². The van der Waals surface area contributed by atoms with Gasteiger partial charge in [0.05, 0.1) is 23.4 Å². The van der Waals surface area contributed by atoms with Crippen molar-refractivity contribution in [2.45, 2.75) is 20.4 Å². The van der Waals surface area contributed by atoms with Gasteiger partial charge < -0.3 is 4.74 Å². The van der Waals surface area contributed by atoms with Gasteiger partial charge in [-0.2, -0.15) is 5.10 Å². The van der Waals surface area contributed by atoms with Gasteiger partial charge in [0.25, 0.3) is 5.56 Å². The van der Waals surface area contributed by atoms with E-state index in [0.29, 0.717) is 12.1 Å². The zero-order valence-corrected chi connectivity index (χ0v) is 16.2. The molecule has 0 spiro atoms. The van der Waals surface area contributed by atoms with Crippen LogP contribution in [-0.2, 0) is 6.54 Å². The molecule has 0 N–H and O–H groups in total. The van der Waals surface area contributed by atoms with E-state index in [0.717, 1.165) is 37.8 Å². The van der Waals surface area contributed by atoms with Crippen LogP contribution >= 0.6 is 11.3 Å². The maximum absolute atomic E-state index is 13.0. The number of hydrogen-bond acceptors (Lipinski definition) is 5. The monoisotopic (exact) mass is 377 g/mol. The van der Waals surface area contributed by atoms with Gasteiger partial charge in [-0.25, -0.2) is 9.67 Å². The fraction of sp³-hybridized carbons (Fsp3) is 0.190. The molecule has 0 unspecified atom stereocenters. The molecule has 136 valence electrons. The minimum Gasteiger partial charge on any atom is -0.497 e. The van der Waals surface area contributed by atoms with E-state index in [1.165, 1.54) is 16.0 Å². The maximum Gasteiger partial charge on any atom is 0.294 e. The molecule has 27 heavy (non-hydrogen) atoms. The van der Waals surface area contributed by atoms with Crippen LogP contribution in [0.5, 0.6) is 5.75 Å². The molecule has 2 heterocycles. The molecule has 0 saturated carbocycles. The highest BCUT2D eigenvalue weighted by molar-refractivity contribution is 7.19. The Kier molecular flexibility index (Phi) is 4.49. The van der Waals surface area contributed by atoms with Crippen molar-refractivity contribution in [3.05, 3.63) is 75.0 Å². The molecule has 0 aliphatic carbocycles. The van der Waals surface area contributed by atoms with Crippen LogP contribution in [-0.4, -0.2) is 21.9 Å². The van der Waals surface area contributed by atoms with E-state index in [4.69, 9.17) is 9.84 Å². The molecule has 2 aromatic heterocycles. The first-order valence-corrected chi connectivity index (χ1v) is 9.45. The summed E-state index contributed by atoms with van der Waals surface area (Å²) >= 11 is 1.50. The summed E-state index contributed by atoms with van der Waals surface area (Å²) in [6.45, 7) is 4.37. The van der Waals surface area contributed by atoms with Crippen LogP contribution in [0.2, 0.25) is 0 Å². The fourth-order valence-corrected chi connectivity index (χ4v) is 3.98. The van der Waals surface area contributed by atoms with Gasteiger partial charge in [-0.05, 0) is 49.2 Å². The number of nitrogens with zero attached hydrogens (tertiary/aromatic N) is 3. The van der Waals surface area contributed by atoms with Crippen molar-refractivity contribution in [3.8, 4) is 17.0 Å². The Labute approximate surface area is 160 Å². The predicted octanol–water partition coefficient (Wildman–Crippen LogP) is 4.19. The average molecular weight is 377 g/mol. The van der Waals surface area contributed by atoms with Crippen molar-refractivity contribution in [1.82, 2.24) is 14.8 Å². The third kappa shape index (κ3) is 3.24. The molecule has 0 fully saturated rings. The SMILES string of the molecule is COc1ccc(-c2nn(Cc3ccccc3C)c(=O)c3nc(C)sc23)cc1. The highest BCUT2D eigenvalue weighted by Gasteiger charge is 2.17. The molecule has 4 rings (SSSR count). The smallest absolute Gasteiger partial charge is 0.294 e. The minimum absolute atomic E-state index is 0.158. The van der Waals surface area contributed by atoms with Crippen LogP contribution in [0.3, 0.4) is 0 Å². The number of aromatic nitrogens is 3. The van der Waals surface area contributed by atoms with Gasteiger partial charge in [0.1, 0.15) is 11.4 Å². The van der Waals surface area contributed by atoms with E-state index in [9.17, 15) is 4.79 Å². The van der Waals surface area contributed by atoms with Gasteiger partial charge >= 0.3 is 0 Å². The lowest BCUT2D eigenvalue weighted by molar-refractivity contribution is 0.415. The van der Waals surface area contributed by atoms with Crippen molar-refractivity contribution >= 4 is 21.6 Å². The Bertz CT molecular complexity index is 1180. The lowest BCUT2D eigenvalue weighted by Crippen LogP contribution is -2.24. The molecule has 0 aliphatic heterocycles. The van der Waals surface area contributed by atoms with E-state index in [1.807, 2.05) is 62.4 Å². The second kappa shape index (κ2) is 6.96. The Morgan fingerprint density at radius 1 is 1.07 bits per heavy atom. The lowest BCUT2D eigenvalue weighted by atomic mass is 10.1. The van der Waals surface area contributed by atoms with Crippen molar-refractivity contribution in [1.29, 1.82) is 0 Å². The van der Waals surface area contributed by atoms with Crippen molar-refractivity contribution in [2.75, 3.05) is 7.11 Å². The molecule has 2 aromatic carbocycles. The minimum atomic E-state index is -0.158. The van der Waals surface area contributed by atoms with E-state index in [1.54, 1.807) is 7.11 Å². The molecule has 0 aliphatic rings. The summed E-state index contributed by atoms with van der Waals surface area (Å²) in [5.41, 5.74) is 4.22. The van der Waals surface area contributed by atoms with Crippen molar-refractivity contribution in [3.63, 3.8) is 0 Å². The van der Waals surface area contributed by atoms with Crippen molar-refractivity contribution < 1.29 is 4.74 Å². The van der Waals surface area contributed by atoms with Crippen LogP contribution in [0.25, 0.3) is 21.5 Å². The second-order valence-corrected chi connectivity index (χ2v) is 7.58. The Balaban J connectivity index is 1.91. The van der Waals surface area contributed by atoms with Gasteiger partial charge in [0.2, 0.25) is 0 Å². The first-order valence-electron chi connectivity index (χ1n) is 8.64. The average Bonchev–Trinajstić information content (AvgIpc) is 3.08. The molecule has 0 amide bonds. The Morgan fingerprint density at radius 2 is 1.81 bits per heavy atom. The number of aryl methyl sites for hydroxylation is 2.